The van der Waals surface area contributed by atoms with Crippen molar-refractivity contribution in [3.05, 3.63) is 198 Å². The molecular weight excluding hydrogens is 679 g/mol. The van der Waals surface area contributed by atoms with E-state index in [0.717, 1.165) is 33.6 Å². The van der Waals surface area contributed by atoms with Crippen molar-refractivity contribution in [2.24, 2.45) is 0 Å². The fraction of sp³-hybridized carbons (Fsp3) is 0.111. The van der Waals surface area contributed by atoms with Crippen LogP contribution >= 0.6 is 0 Å². The summed E-state index contributed by atoms with van der Waals surface area (Å²) in [6.07, 6.45) is 0. The average molecular weight is 720 g/mol. The van der Waals surface area contributed by atoms with Crippen molar-refractivity contribution in [3.8, 4) is 44.5 Å². The van der Waals surface area contributed by atoms with Crippen LogP contribution in [-0.2, 0) is 10.8 Å². The van der Waals surface area contributed by atoms with Gasteiger partial charge in [-0.1, -0.05) is 155 Å². The van der Waals surface area contributed by atoms with Gasteiger partial charge in [0.1, 0.15) is 11.2 Å². The Kier molecular flexibility index (Phi) is 6.98. The van der Waals surface area contributed by atoms with Crippen LogP contribution in [0, 0.1) is 0 Å². The van der Waals surface area contributed by atoms with Gasteiger partial charge in [-0.2, -0.15) is 0 Å². The van der Waals surface area contributed by atoms with Crippen molar-refractivity contribution in [2.45, 2.75) is 38.5 Å². The molecule has 0 atom stereocenters. The molecule has 56 heavy (non-hydrogen) atoms. The van der Waals surface area contributed by atoms with Crippen LogP contribution in [0.5, 0.6) is 0 Å². The van der Waals surface area contributed by atoms with Gasteiger partial charge in [0.15, 0.2) is 0 Å². The zero-order valence-corrected chi connectivity index (χ0v) is 32.1. The van der Waals surface area contributed by atoms with Crippen LogP contribution < -0.4 is 4.90 Å². The maximum atomic E-state index is 7.00. The van der Waals surface area contributed by atoms with Crippen LogP contribution in [0.25, 0.3) is 66.4 Å². The number of anilines is 3. The van der Waals surface area contributed by atoms with Crippen molar-refractivity contribution in [1.29, 1.82) is 0 Å². The van der Waals surface area contributed by atoms with Crippen molar-refractivity contribution in [1.82, 2.24) is 0 Å². The number of furan rings is 1. The lowest BCUT2D eigenvalue weighted by Crippen LogP contribution is -2.17. The van der Waals surface area contributed by atoms with E-state index < -0.39 is 0 Å². The molecule has 0 aliphatic heterocycles. The van der Waals surface area contributed by atoms with Crippen molar-refractivity contribution in [3.63, 3.8) is 0 Å². The van der Waals surface area contributed by atoms with Crippen LogP contribution in [0.15, 0.2) is 180 Å². The molecule has 1 heterocycles. The minimum atomic E-state index is -0.327. The number of nitrogens with zero attached hydrogens (tertiary/aromatic N) is 1. The summed E-state index contributed by atoms with van der Waals surface area (Å²) in [5.41, 5.74) is 20.2. The highest BCUT2D eigenvalue weighted by Crippen LogP contribution is 2.58. The summed E-state index contributed by atoms with van der Waals surface area (Å²) >= 11 is 0. The molecule has 11 rings (SSSR count). The van der Waals surface area contributed by atoms with Crippen molar-refractivity contribution in [2.75, 3.05) is 4.90 Å². The molecule has 2 aliphatic rings. The first-order valence-electron chi connectivity index (χ1n) is 19.7. The Morgan fingerprint density at radius 3 is 1.80 bits per heavy atom. The molecule has 0 saturated carbocycles. The minimum Gasteiger partial charge on any atom is -0.455 e. The normalized spacial score (nSPS) is 14.4. The quantitative estimate of drug-likeness (QED) is 0.176. The fourth-order valence-corrected chi connectivity index (χ4v) is 10.0. The van der Waals surface area contributed by atoms with E-state index in [1.165, 1.54) is 72.1 Å². The number of hydrogen-bond acceptors (Lipinski definition) is 2. The van der Waals surface area contributed by atoms with E-state index in [1.54, 1.807) is 0 Å². The Bertz CT molecular complexity index is 2980. The third kappa shape index (κ3) is 4.56. The van der Waals surface area contributed by atoms with E-state index in [-0.39, 0.29) is 10.8 Å². The van der Waals surface area contributed by atoms with Gasteiger partial charge in [0.25, 0.3) is 0 Å². The summed E-state index contributed by atoms with van der Waals surface area (Å²) in [5.74, 6) is 0. The maximum absolute atomic E-state index is 7.00. The van der Waals surface area contributed by atoms with Gasteiger partial charge >= 0.3 is 0 Å². The van der Waals surface area contributed by atoms with Crippen LogP contribution in [-0.4, -0.2) is 0 Å². The zero-order valence-electron chi connectivity index (χ0n) is 32.1. The number of benzene rings is 8. The number of rotatable bonds is 5. The fourth-order valence-electron chi connectivity index (χ4n) is 10.0. The van der Waals surface area contributed by atoms with E-state index in [1.807, 2.05) is 0 Å². The molecule has 0 saturated heterocycles. The van der Waals surface area contributed by atoms with Gasteiger partial charge in [0.05, 0.1) is 5.69 Å². The first-order valence-corrected chi connectivity index (χ1v) is 19.7. The molecule has 0 bridgehead atoms. The summed E-state index contributed by atoms with van der Waals surface area (Å²) in [6, 6.07) is 64.2. The Labute approximate surface area is 328 Å². The molecule has 0 N–H and O–H groups in total. The van der Waals surface area contributed by atoms with Gasteiger partial charge in [0, 0.05) is 44.1 Å². The highest BCUT2D eigenvalue weighted by Gasteiger charge is 2.42. The molecule has 2 heteroatoms. The zero-order chi connectivity index (χ0) is 37.8. The first kappa shape index (κ1) is 32.8. The van der Waals surface area contributed by atoms with E-state index in [9.17, 15) is 0 Å². The summed E-state index contributed by atoms with van der Waals surface area (Å²) in [4.78, 5) is 2.38. The number of fused-ring (bicyclic) bond motifs is 10. The second-order valence-corrected chi connectivity index (χ2v) is 16.5. The summed E-state index contributed by atoms with van der Waals surface area (Å²) in [7, 11) is 0. The van der Waals surface area contributed by atoms with Gasteiger partial charge in [0.2, 0.25) is 0 Å². The lowest BCUT2D eigenvalue weighted by molar-refractivity contribution is 0.654. The lowest BCUT2D eigenvalue weighted by atomic mass is 9.77. The summed E-state index contributed by atoms with van der Waals surface area (Å²) in [6.45, 7) is 9.50. The monoisotopic (exact) mass is 719 g/mol. The van der Waals surface area contributed by atoms with Gasteiger partial charge in [-0.3, -0.25) is 0 Å². The van der Waals surface area contributed by atoms with Crippen molar-refractivity contribution < 1.29 is 4.42 Å². The molecule has 0 spiro atoms. The highest BCUT2D eigenvalue weighted by atomic mass is 16.3. The second-order valence-electron chi connectivity index (χ2n) is 16.5. The van der Waals surface area contributed by atoms with Gasteiger partial charge < -0.3 is 9.32 Å². The van der Waals surface area contributed by atoms with E-state index >= 15 is 0 Å². The molecule has 2 nitrogen and oxygen atoms in total. The molecule has 0 amide bonds. The first-order chi connectivity index (χ1) is 27.3. The Balaban J connectivity index is 1.16. The van der Waals surface area contributed by atoms with E-state index in [4.69, 9.17) is 4.42 Å². The lowest BCUT2D eigenvalue weighted by Gasteiger charge is -2.30. The average Bonchev–Trinajstić information content (AvgIpc) is 3.82. The van der Waals surface area contributed by atoms with Crippen LogP contribution in [0.2, 0.25) is 0 Å². The predicted octanol–water partition coefficient (Wildman–Crippen LogP) is 15.0. The molecule has 0 radical (unpaired) electrons. The van der Waals surface area contributed by atoms with Gasteiger partial charge in [-0.25, -0.2) is 0 Å². The number of hydrogen-bond donors (Lipinski definition) is 0. The molecule has 268 valence electrons. The molecule has 8 aromatic carbocycles. The van der Waals surface area contributed by atoms with E-state index in [0.29, 0.717) is 0 Å². The molecule has 0 fully saturated rings. The van der Waals surface area contributed by atoms with Crippen molar-refractivity contribution >= 4 is 39.0 Å². The van der Waals surface area contributed by atoms with E-state index in [2.05, 4.69) is 209 Å². The maximum Gasteiger partial charge on any atom is 0.144 e. The topological polar surface area (TPSA) is 16.4 Å². The van der Waals surface area contributed by atoms with Gasteiger partial charge in [-0.15, -0.1) is 0 Å². The largest absolute Gasteiger partial charge is 0.455 e. The minimum absolute atomic E-state index is 0.0486. The second kappa shape index (κ2) is 11.9. The van der Waals surface area contributed by atoms with Gasteiger partial charge in [-0.05, 0) is 104 Å². The molecule has 0 unspecified atom stereocenters. The Morgan fingerprint density at radius 1 is 0.429 bits per heavy atom. The van der Waals surface area contributed by atoms with Crippen LogP contribution in [0.3, 0.4) is 0 Å². The number of para-hydroxylation sites is 4. The van der Waals surface area contributed by atoms with Crippen LogP contribution in [0.4, 0.5) is 17.1 Å². The molecule has 2 aliphatic carbocycles. The smallest absolute Gasteiger partial charge is 0.144 e. The SMILES string of the molecule is CC1(C)c2ccccc2-c2cc(-c3cc4c(c5oc6ccccc6c35)-c3cccc(-c5ccccc5N(c5ccccc5)c5ccccc5)c3C4(C)C)ccc21. The molecule has 9 aromatic rings. The highest BCUT2D eigenvalue weighted by molar-refractivity contribution is 6.18. The predicted molar refractivity (Wildman–Crippen MR) is 234 cm³/mol. The third-order valence-corrected chi connectivity index (χ3v) is 12.6. The Hall–Kier alpha value is -6.64. The molecular formula is C54H41NO. The summed E-state index contributed by atoms with van der Waals surface area (Å²) < 4.78 is 7.00. The third-order valence-electron chi connectivity index (χ3n) is 12.6. The Morgan fingerprint density at radius 2 is 1.04 bits per heavy atom. The molecule has 1 aromatic heterocycles. The summed E-state index contributed by atoms with van der Waals surface area (Å²) in [5, 5.41) is 2.33. The van der Waals surface area contributed by atoms with Crippen LogP contribution in [0.1, 0.15) is 49.9 Å². The standard InChI is InChI=1S/C54H41NO/c1-53(2)44-27-14-11-22-37(44)43-32-34(30-31-45(43)53)42-33-46-50(52-49(42)40-24-13-16-29-48(40)56-52)41-26-17-25-39(51(41)54(46,3)4)38-23-12-15-28-47(38)55(35-18-7-5-8-19-35)36-20-9-6-10-21-36/h5-33H,1-4H3.